The monoisotopic (exact) mass is 299 g/mol. The minimum atomic E-state index is -0.678. The molecule has 0 aliphatic rings. The molecule has 20 heavy (non-hydrogen) atoms. The molecule has 2 unspecified atom stereocenters. The van der Waals surface area contributed by atoms with Crippen molar-refractivity contribution in [2.75, 3.05) is 0 Å². The van der Waals surface area contributed by atoms with Crippen molar-refractivity contribution in [1.29, 1.82) is 0 Å². The zero-order valence-corrected chi connectivity index (χ0v) is 12.1. The summed E-state index contributed by atoms with van der Waals surface area (Å²) in [5.41, 5.74) is 5.37. The van der Waals surface area contributed by atoms with Crippen LogP contribution in [0, 0.1) is 0 Å². The first kappa shape index (κ1) is 16.1. The SMILES string of the molecule is CC(CC(N)=NO)NC(=O)C(C)Oc1cccc(Cl)c1. The van der Waals surface area contributed by atoms with E-state index in [0.29, 0.717) is 10.8 Å². The largest absolute Gasteiger partial charge is 0.481 e. The number of nitrogens with one attached hydrogen (secondary N) is 1. The number of nitrogens with two attached hydrogens (primary N) is 1. The van der Waals surface area contributed by atoms with E-state index in [1.807, 2.05) is 0 Å². The van der Waals surface area contributed by atoms with Gasteiger partial charge in [-0.15, -0.1) is 0 Å². The molecule has 6 nitrogen and oxygen atoms in total. The maximum atomic E-state index is 11.9. The molecule has 1 rings (SSSR count). The highest BCUT2D eigenvalue weighted by Crippen LogP contribution is 2.18. The van der Waals surface area contributed by atoms with Crippen molar-refractivity contribution in [3.8, 4) is 5.75 Å². The van der Waals surface area contributed by atoms with Crippen molar-refractivity contribution < 1.29 is 14.7 Å². The number of nitrogens with zero attached hydrogens (tertiary/aromatic N) is 1. The van der Waals surface area contributed by atoms with Crippen LogP contribution in [0.4, 0.5) is 0 Å². The molecule has 1 aromatic carbocycles. The summed E-state index contributed by atoms with van der Waals surface area (Å²) >= 11 is 5.83. The Hall–Kier alpha value is -1.95. The molecule has 0 heterocycles. The van der Waals surface area contributed by atoms with Crippen molar-refractivity contribution in [3.05, 3.63) is 29.3 Å². The summed E-state index contributed by atoms with van der Waals surface area (Å²) in [6.07, 6.45) is -0.422. The molecule has 0 aromatic heterocycles. The number of hydrogen-bond donors (Lipinski definition) is 3. The minimum Gasteiger partial charge on any atom is -0.481 e. The van der Waals surface area contributed by atoms with Crippen LogP contribution in [0.25, 0.3) is 0 Å². The summed E-state index contributed by atoms with van der Waals surface area (Å²) in [7, 11) is 0. The summed E-state index contributed by atoms with van der Waals surface area (Å²) in [5, 5.41) is 14.6. The molecule has 4 N–H and O–H groups in total. The first-order chi connectivity index (χ1) is 9.42. The van der Waals surface area contributed by atoms with E-state index in [9.17, 15) is 4.79 Å². The van der Waals surface area contributed by atoms with Gasteiger partial charge in [-0.1, -0.05) is 22.8 Å². The van der Waals surface area contributed by atoms with E-state index < -0.39 is 6.10 Å². The Kier molecular flexibility index (Phi) is 6.11. The number of ether oxygens (including phenoxy) is 1. The Morgan fingerprint density at radius 1 is 1.55 bits per heavy atom. The highest BCUT2D eigenvalue weighted by molar-refractivity contribution is 6.30. The van der Waals surface area contributed by atoms with Gasteiger partial charge in [-0.2, -0.15) is 0 Å². The van der Waals surface area contributed by atoms with Crippen molar-refractivity contribution >= 4 is 23.3 Å². The number of carbonyl (C=O) groups excluding carboxylic acids is 1. The number of hydrogen-bond acceptors (Lipinski definition) is 4. The van der Waals surface area contributed by atoms with E-state index in [-0.39, 0.29) is 24.2 Å². The first-order valence-electron chi connectivity index (χ1n) is 6.11. The molecule has 0 bridgehead atoms. The second-order valence-corrected chi connectivity index (χ2v) is 4.86. The Morgan fingerprint density at radius 2 is 2.25 bits per heavy atom. The fraction of sp³-hybridized carbons (Fsp3) is 0.385. The molecule has 1 amide bonds. The van der Waals surface area contributed by atoms with Gasteiger partial charge < -0.3 is 21.0 Å². The Labute approximate surface area is 122 Å². The second-order valence-electron chi connectivity index (χ2n) is 4.42. The van der Waals surface area contributed by atoms with E-state index >= 15 is 0 Å². The third kappa shape index (κ3) is 5.36. The molecule has 110 valence electrons. The topological polar surface area (TPSA) is 96.9 Å². The van der Waals surface area contributed by atoms with Crippen LogP contribution >= 0.6 is 11.6 Å². The molecule has 0 saturated carbocycles. The van der Waals surface area contributed by atoms with Crippen LogP contribution in [-0.2, 0) is 4.79 Å². The zero-order chi connectivity index (χ0) is 15.1. The van der Waals surface area contributed by atoms with Gasteiger partial charge in [-0.05, 0) is 32.0 Å². The summed E-state index contributed by atoms with van der Waals surface area (Å²) in [6, 6.07) is 6.55. The molecule has 0 saturated heterocycles. The molecule has 0 aliphatic heterocycles. The van der Waals surface area contributed by atoms with E-state index in [1.54, 1.807) is 38.1 Å². The van der Waals surface area contributed by atoms with Crippen molar-refractivity contribution in [2.24, 2.45) is 10.9 Å². The molecule has 0 fully saturated rings. The van der Waals surface area contributed by atoms with E-state index in [4.69, 9.17) is 27.3 Å². The zero-order valence-electron chi connectivity index (χ0n) is 11.3. The van der Waals surface area contributed by atoms with Crippen LogP contribution in [0.2, 0.25) is 5.02 Å². The number of halogens is 1. The van der Waals surface area contributed by atoms with Gasteiger partial charge in [0.25, 0.3) is 5.91 Å². The molecular formula is C13H18ClN3O3. The van der Waals surface area contributed by atoms with Gasteiger partial charge in [-0.3, -0.25) is 4.79 Å². The number of benzene rings is 1. The van der Waals surface area contributed by atoms with Crippen molar-refractivity contribution in [2.45, 2.75) is 32.4 Å². The van der Waals surface area contributed by atoms with Gasteiger partial charge in [0.05, 0.1) is 0 Å². The molecule has 7 heteroatoms. The highest BCUT2D eigenvalue weighted by atomic mass is 35.5. The van der Waals surface area contributed by atoms with Crippen molar-refractivity contribution in [1.82, 2.24) is 5.32 Å². The number of oxime groups is 1. The number of amides is 1. The molecule has 0 spiro atoms. The maximum Gasteiger partial charge on any atom is 0.260 e. The summed E-state index contributed by atoms with van der Waals surface area (Å²) in [4.78, 5) is 11.9. The van der Waals surface area contributed by atoms with Crippen LogP contribution in [0.3, 0.4) is 0 Å². The quantitative estimate of drug-likeness (QED) is 0.323. The average Bonchev–Trinajstić information content (AvgIpc) is 2.38. The maximum absolute atomic E-state index is 11.9. The number of carbonyl (C=O) groups is 1. The Balaban J connectivity index is 2.51. The van der Waals surface area contributed by atoms with Gasteiger partial charge in [0.2, 0.25) is 0 Å². The minimum absolute atomic E-state index is 0.0567. The normalized spacial score (nSPS) is 14.4. The van der Waals surface area contributed by atoms with Crippen LogP contribution < -0.4 is 15.8 Å². The standard InChI is InChI=1S/C13H18ClN3O3/c1-8(6-12(15)17-19)16-13(18)9(2)20-11-5-3-4-10(14)7-11/h3-5,7-9,19H,6H2,1-2H3,(H2,15,17)(H,16,18). The van der Waals surface area contributed by atoms with Gasteiger partial charge in [0, 0.05) is 17.5 Å². The molecule has 2 atom stereocenters. The predicted molar refractivity (Wildman–Crippen MR) is 77.2 cm³/mol. The van der Waals surface area contributed by atoms with Gasteiger partial charge in [-0.25, -0.2) is 0 Å². The third-order valence-corrected chi connectivity index (χ3v) is 2.75. The number of amidine groups is 1. The van der Waals surface area contributed by atoms with Crippen molar-refractivity contribution in [3.63, 3.8) is 0 Å². The van der Waals surface area contributed by atoms with Crippen LogP contribution in [0.15, 0.2) is 29.4 Å². The summed E-state index contributed by atoms with van der Waals surface area (Å²) < 4.78 is 5.48. The lowest BCUT2D eigenvalue weighted by Gasteiger charge is -2.18. The predicted octanol–water partition coefficient (Wildman–Crippen LogP) is 1.75. The Morgan fingerprint density at radius 3 is 2.85 bits per heavy atom. The fourth-order valence-corrected chi connectivity index (χ4v) is 1.74. The average molecular weight is 300 g/mol. The smallest absolute Gasteiger partial charge is 0.260 e. The first-order valence-corrected chi connectivity index (χ1v) is 6.49. The van der Waals surface area contributed by atoms with Gasteiger partial charge >= 0.3 is 0 Å². The third-order valence-electron chi connectivity index (χ3n) is 2.51. The lowest BCUT2D eigenvalue weighted by Crippen LogP contribution is -2.42. The molecule has 0 aliphatic carbocycles. The van der Waals surface area contributed by atoms with E-state index in [2.05, 4.69) is 10.5 Å². The summed E-state index contributed by atoms with van der Waals surface area (Å²) in [6.45, 7) is 3.38. The van der Waals surface area contributed by atoms with Crippen LogP contribution in [0.5, 0.6) is 5.75 Å². The lowest BCUT2D eigenvalue weighted by molar-refractivity contribution is -0.127. The highest BCUT2D eigenvalue weighted by Gasteiger charge is 2.17. The van der Waals surface area contributed by atoms with E-state index in [1.165, 1.54) is 0 Å². The molecular weight excluding hydrogens is 282 g/mol. The number of rotatable bonds is 6. The van der Waals surface area contributed by atoms with E-state index in [0.717, 1.165) is 0 Å². The lowest BCUT2D eigenvalue weighted by atomic mass is 10.2. The van der Waals surface area contributed by atoms with Gasteiger partial charge in [0.1, 0.15) is 11.6 Å². The summed E-state index contributed by atoms with van der Waals surface area (Å²) in [5.74, 6) is 0.286. The van der Waals surface area contributed by atoms with Crippen LogP contribution in [-0.4, -0.2) is 29.1 Å². The van der Waals surface area contributed by atoms with Crippen LogP contribution in [0.1, 0.15) is 20.3 Å². The van der Waals surface area contributed by atoms with Gasteiger partial charge in [0.15, 0.2) is 6.10 Å². The second kappa shape index (κ2) is 7.59. The Bertz CT molecular complexity index is 494. The molecule has 1 aromatic rings. The molecule has 0 radical (unpaired) electrons. The fourth-order valence-electron chi connectivity index (χ4n) is 1.56.